The maximum absolute atomic E-state index is 2.31. The summed E-state index contributed by atoms with van der Waals surface area (Å²) in [7, 11) is 0. The van der Waals surface area contributed by atoms with Crippen molar-refractivity contribution >= 4 is 0 Å². The summed E-state index contributed by atoms with van der Waals surface area (Å²) in [4.78, 5) is 0. The van der Waals surface area contributed by atoms with Gasteiger partial charge in [0.05, 0.1) is 0 Å². The molecule has 3 aliphatic carbocycles. The van der Waals surface area contributed by atoms with Crippen molar-refractivity contribution in [3.05, 3.63) is 0 Å². The van der Waals surface area contributed by atoms with Crippen molar-refractivity contribution in [2.45, 2.75) is 317 Å². The van der Waals surface area contributed by atoms with E-state index in [9.17, 15) is 0 Å². The summed E-state index contributed by atoms with van der Waals surface area (Å²) >= 11 is 0. The van der Waals surface area contributed by atoms with Gasteiger partial charge in [0.2, 0.25) is 0 Å². The van der Waals surface area contributed by atoms with E-state index in [0.29, 0.717) is 10.8 Å². The highest BCUT2D eigenvalue weighted by atomic mass is 14.2. The fraction of sp³-hybridized carbons (Fsp3) is 1.00. The first-order chi connectivity index (χ1) is 25.3. The van der Waals surface area contributed by atoms with E-state index in [1.165, 1.54) is 109 Å². The molecule has 0 aromatic heterocycles. The zero-order valence-electron chi connectivity index (χ0n) is 46.5. The standard InChI is InChI=1S/C6H14.2C5H10.4C5H12.C4H8.2C4H10.C3H8.2C2H6/c1-5-6(2,3)4;1-5-3-2-4-5;1-2-5-3-4-5;1-5(2,3)4;2*1-4-5(2)3;1-3-5-4-2;1-4-2-3-4;1-4(2)3;1-3-4-2;1-3-2;2*1-2/h5H2,1-4H3;2*5H,2-4H2,1H3;1-4H3;2*5H,4H2,1-3H3;3-5H2,1-2H3;4H,2-3H2,1H3;4H,1-3H3;3-4H2,1-2H3;3H2,1-2H3;2*1-2H3. The summed E-state index contributed by atoms with van der Waals surface area (Å²) < 4.78 is 0. The van der Waals surface area contributed by atoms with Gasteiger partial charge in [-0.2, -0.15) is 0 Å². The molecule has 0 unspecified atom stereocenters. The van der Waals surface area contributed by atoms with Gasteiger partial charge in [-0.1, -0.05) is 317 Å². The predicted octanol–water partition coefficient (Wildman–Crippen LogP) is 22.8. The first kappa shape index (κ1) is 79.2. The van der Waals surface area contributed by atoms with E-state index < -0.39 is 0 Å². The monoisotopic (exact) mass is 791 g/mol. The van der Waals surface area contributed by atoms with Crippen molar-refractivity contribution in [2.24, 2.45) is 46.3 Å². The van der Waals surface area contributed by atoms with Crippen molar-refractivity contribution in [2.75, 3.05) is 0 Å². The molecule has 55 heavy (non-hydrogen) atoms. The molecule has 3 aliphatic rings. The molecule has 0 aromatic carbocycles. The molecule has 0 amide bonds. The van der Waals surface area contributed by atoms with Crippen LogP contribution in [-0.4, -0.2) is 0 Å². The molecule has 0 radical (unpaired) electrons. The first-order valence-electron chi connectivity index (χ1n) is 25.3. The average Bonchev–Trinajstić information content (AvgIpc) is 4.04. The normalized spacial score (nSPS) is 13.0. The molecule has 3 rings (SSSR count). The smallest absolute Gasteiger partial charge is 0.0385 e. The van der Waals surface area contributed by atoms with Crippen LogP contribution in [0.4, 0.5) is 0 Å². The van der Waals surface area contributed by atoms with E-state index in [-0.39, 0.29) is 0 Å². The third kappa shape index (κ3) is 254. The average molecular weight is 792 g/mol. The van der Waals surface area contributed by atoms with Crippen LogP contribution in [0, 0.1) is 46.3 Å². The number of hydrogen-bond donors (Lipinski definition) is 0. The maximum Gasteiger partial charge on any atom is -0.0385 e. The molecular formula is C55H130. The predicted molar refractivity (Wildman–Crippen MR) is 275 cm³/mol. The molecule has 0 heterocycles. The van der Waals surface area contributed by atoms with E-state index in [4.69, 9.17) is 0 Å². The van der Waals surface area contributed by atoms with Gasteiger partial charge in [-0.05, 0) is 46.3 Å². The van der Waals surface area contributed by atoms with E-state index in [0.717, 1.165) is 35.5 Å². The van der Waals surface area contributed by atoms with Gasteiger partial charge >= 0.3 is 0 Å². The van der Waals surface area contributed by atoms with Crippen LogP contribution in [0.2, 0.25) is 0 Å². The minimum Gasteiger partial charge on any atom is -0.0683 e. The summed E-state index contributed by atoms with van der Waals surface area (Å²) in [6.07, 6.45) is 23.7. The summed E-state index contributed by atoms with van der Waals surface area (Å²) in [5.74, 6) is 5.88. The lowest BCUT2D eigenvalue weighted by Gasteiger charge is -2.18. The van der Waals surface area contributed by atoms with Crippen LogP contribution in [-0.2, 0) is 0 Å². The first-order valence-corrected chi connectivity index (χ1v) is 25.3. The molecule has 0 saturated heterocycles. The lowest BCUT2D eigenvalue weighted by atomic mass is 9.88. The van der Waals surface area contributed by atoms with Gasteiger partial charge in [0.15, 0.2) is 0 Å². The summed E-state index contributed by atoms with van der Waals surface area (Å²) in [6.45, 7) is 65.4. The fourth-order valence-corrected chi connectivity index (χ4v) is 1.66. The Labute approximate surface area is 361 Å². The van der Waals surface area contributed by atoms with Crippen LogP contribution in [0.15, 0.2) is 0 Å². The van der Waals surface area contributed by atoms with Crippen LogP contribution < -0.4 is 0 Å². The molecular weight excluding hydrogens is 661 g/mol. The molecule has 0 aromatic rings. The van der Waals surface area contributed by atoms with Crippen LogP contribution in [0.25, 0.3) is 0 Å². The fourth-order valence-electron chi connectivity index (χ4n) is 1.66. The Bertz CT molecular complexity index is 456. The van der Waals surface area contributed by atoms with Gasteiger partial charge in [-0.15, -0.1) is 0 Å². The molecule has 0 nitrogen and oxygen atoms in total. The quantitative estimate of drug-likeness (QED) is 0.251. The molecule has 350 valence electrons. The topological polar surface area (TPSA) is 0 Å². The van der Waals surface area contributed by atoms with E-state index in [1.807, 2.05) is 27.7 Å². The van der Waals surface area contributed by atoms with Crippen molar-refractivity contribution in [1.82, 2.24) is 0 Å². The molecule has 0 heteroatoms. The zero-order chi connectivity index (χ0) is 46.5. The Morgan fingerprint density at radius 2 is 0.655 bits per heavy atom. The van der Waals surface area contributed by atoms with Gasteiger partial charge in [0.25, 0.3) is 0 Å². The second-order valence-corrected chi connectivity index (χ2v) is 19.9. The zero-order valence-corrected chi connectivity index (χ0v) is 46.5. The third-order valence-corrected chi connectivity index (χ3v) is 7.43. The third-order valence-electron chi connectivity index (χ3n) is 7.43. The van der Waals surface area contributed by atoms with Gasteiger partial charge in [-0.3, -0.25) is 0 Å². The summed E-state index contributed by atoms with van der Waals surface area (Å²) in [6, 6.07) is 0. The lowest BCUT2D eigenvalue weighted by Crippen LogP contribution is -2.04. The molecule has 0 atom stereocenters. The minimum absolute atomic E-state index is 0.500. The van der Waals surface area contributed by atoms with E-state index in [1.54, 1.807) is 0 Å². The van der Waals surface area contributed by atoms with Crippen molar-refractivity contribution in [1.29, 1.82) is 0 Å². The van der Waals surface area contributed by atoms with Crippen LogP contribution >= 0.6 is 0 Å². The molecule has 3 fully saturated rings. The number of unbranched alkanes of at least 4 members (excludes halogenated alkanes) is 3. The number of hydrogen-bond acceptors (Lipinski definition) is 0. The highest BCUT2D eigenvalue weighted by Gasteiger charge is 2.17. The second-order valence-electron chi connectivity index (χ2n) is 19.9. The van der Waals surface area contributed by atoms with Gasteiger partial charge in [-0.25, -0.2) is 0 Å². The van der Waals surface area contributed by atoms with Crippen molar-refractivity contribution in [3.63, 3.8) is 0 Å². The molecule has 3 saturated carbocycles. The summed E-state index contributed by atoms with van der Waals surface area (Å²) in [5.41, 5.74) is 1.04. The highest BCUT2D eigenvalue weighted by Crippen LogP contribution is 2.31. The highest BCUT2D eigenvalue weighted by molar-refractivity contribution is 4.69. The second kappa shape index (κ2) is 68.7. The molecule has 0 spiro atoms. The van der Waals surface area contributed by atoms with Crippen molar-refractivity contribution in [3.8, 4) is 0 Å². The van der Waals surface area contributed by atoms with Crippen LogP contribution in [0.5, 0.6) is 0 Å². The Morgan fingerprint density at radius 3 is 0.655 bits per heavy atom. The lowest BCUT2D eigenvalue weighted by molar-refractivity contribution is 0.346. The maximum atomic E-state index is 2.31. The Hall–Kier alpha value is 0. The Morgan fingerprint density at radius 1 is 0.455 bits per heavy atom. The molecule has 0 bridgehead atoms. The van der Waals surface area contributed by atoms with Gasteiger partial charge in [0.1, 0.15) is 0 Å². The van der Waals surface area contributed by atoms with E-state index >= 15 is 0 Å². The largest absolute Gasteiger partial charge is 0.0683 e. The SMILES string of the molecule is CC.CC.CC(C)(C)C.CC(C)C.CC1CC1.CC1CCC1.CCC.CCC(C)(C)C.CCC(C)C.CCC(C)C.CCC1CC1.CCCC.CCCCC. The van der Waals surface area contributed by atoms with E-state index in [2.05, 4.69) is 180 Å². The Kier molecular flexibility index (Phi) is 98.9. The minimum atomic E-state index is 0.500. The van der Waals surface area contributed by atoms with Gasteiger partial charge in [0, 0.05) is 0 Å². The van der Waals surface area contributed by atoms with Gasteiger partial charge < -0.3 is 0 Å². The molecule has 0 aliphatic heterocycles. The van der Waals surface area contributed by atoms with Crippen molar-refractivity contribution < 1.29 is 0 Å². The Balaban J connectivity index is -0.0000000503. The number of rotatable bonds is 6. The van der Waals surface area contributed by atoms with Crippen LogP contribution in [0.3, 0.4) is 0 Å². The molecule has 0 N–H and O–H groups in total. The summed E-state index contributed by atoms with van der Waals surface area (Å²) in [5, 5.41) is 0. The van der Waals surface area contributed by atoms with Crippen LogP contribution in [0.1, 0.15) is 317 Å².